The van der Waals surface area contributed by atoms with Crippen molar-refractivity contribution >= 4 is 32.7 Å². The van der Waals surface area contributed by atoms with E-state index in [1.165, 1.54) is 68.8 Å². The number of hydrogen-bond acceptors (Lipinski definition) is 6. The van der Waals surface area contributed by atoms with Gasteiger partial charge in [0.1, 0.15) is 56.1 Å². The van der Waals surface area contributed by atoms with Gasteiger partial charge in [0, 0.05) is 108 Å². The van der Waals surface area contributed by atoms with Gasteiger partial charge in [0.25, 0.3) is 0 Å². The number of aromatic nitrogens is 3. The smallest absolute Gasteiger partial charge is 0.135 e. The second-order valence-electron chi connectivity index (χ2n) is 26.1. The zero-order chi connectivity index (χ0) is 57.4. The molecule has 9 aliphatic rings. The zero-order valence-corrected chi connectivity index (χ0v) is 49.4. The molecule has 7 aromatic rings. The van der Waals surface area contributed by atoms with Crippen molar-refractivity contribution in [3.05, 3.63) is 237 Å². The fraction of sp³-hybridized carbons (Fsp3) is 0.400. The van der Waals surface area contributed by atoms with Crippen molar-refractivity contribution in [1.82, 2.24) is 15.0 Å². The summed E-state index contributed by atoms with van der Waals surface area (Å²) in [5, 5.41) is 3.51. The van der Waals surface area contributed by atoms with E-state index < -0.39 is 0 Å². The Balaban J connectivity index is 0.963. The molecule has 6 bridgehead atoms. The highest BCUT2D eigenvalue weighted by Gasteiger charge is 2.58. The molecule has 0 saturated carbocycles. The van der Waals surface area contributed by atoms with Gasteiger partial charge in [-0.15, -0.1) is 39.5 Å². The van der Waals surface area contributed by atoms with Crippen LogP contribution in [0.3, 0.4) is 0 Å². The first-order valence-electron chi connectivity index (χ1n) is 31.5. The summed E-state index contributed by atoms with van der Waals surface area (Å²) in [6.07, 6.45) is 24.9. The molecule has 12 heterocycles. The lowest BCUT2D eigenvalue weighted by molar-refractivity contribution is -0.986. The number of quaternary nitrogens is 3. The zero-order valence-electron chi connectivity index (χ0n) is 49.4. The number of rotatable bonds is 24. The van der Waals surface area contributed by atoms with Crippen molar-refractivity contribution in [3.63, 3.8) is 0 Å². The average molecular weight is 1120 g/mol. The van der Waals surface area contributed by atoms with E-state index >= 15 is 0 Å². The van der Waals surface area contributed by atoms with Crippen LogP contribution in [0.25, 0.3) is 32.7 Å². The fourth-order valence-corrected chi connectivity index (χ4v) is 18.1. The number of hydrogen-bond donors (Lipinski definition) is 0. The summed E-state index contributed by atoms with van der Waals surface area (Å²) < 4.78 is 24.3. The quantitative estimate of drug-likeness (QED) is 0.0444. The lowest BCUT2D eigenvalue weighted by Crippen LogP contribution is -2.68. The summed E-state index contributed by atoms with van der Waals surface area (Å²) in [7, 11) is 0. The Hall–Kier alpha value is -6.69. The second kappa shape index (κ2) is 24.0. The SMILES string of the molecule is C=CCO[C@H](c1ccnc2ccccc12)[C@@H]1CC2CC[N@@+]1(Cc1cc(C[N@@+]34CCC(C[C@H]3[C@@H](OCC=C)c3ccnc5ccccc35)C(C=C)C4)cc(C[N@@+]34CCC(C[C@H]3[C@@H](OCC=C)c3ccnc5ccccc35)C(C=C)C4)c1)CC2C=C. The first-order valence-corrected chi connectivity index (χ1v) is 31.5. The van der Waals surface area contributed by atoms with E-state index in [0.717, 1.165) is 108 Å². The highest BCUT2D eigenvalue weighted by molar-refractivity contribution is 5.84. The molecule has 9 heteroatoms. The van der Waals surface area contributed by atoms with Crippen LogP contribution in [0.15, 0.2) is 204 Å². The molecule has 6 unspecified atom stereocenters. The topological polar surface area (TPSA) is 66.4 Å². The van der Waals surface area contributed by atoms with Gasteiger partial charge in [-0.3, -0.25) is 15.0 Å². The maximum atomic E-state index is 7.16. The van der Waals surface area contributed by atoms with Crippen LogP contribution in [0.2, 0.25) is 0 Å². The molecule has 0 N–H and O–H groups in total. The van der Waals surface area contributed by atoms with E-state index in [1.54, 1.807) is 0 Å². The summed E-state index contributed by atoms with van der Waals surface area (Å²) in [5.41, 5.74) is 11.0. The molecule has 9 fully saturated rings. The highest BCUT2D eigenvalue weighted by atomic mass is 16.5. The lowest BCUT2D eigenvalue weighted by atomic mass is 9.70. The van der Waals surface area contributed by atoms with E-state index in [-0.39, 0.29) is 36.4 Å². The molecule has 432 valence electrons. The predicted octanol–water partition coefficient (Wildman–Crippen LogP) is 14.9. The Labute approximate surface area is 499 Å². The number of ether oxygens (including phenoxy) is 3. The molecule has 9 saturated heterocycles. The lowest BCUT2D eigenvalue weighted by Gasteiger charge is -2.59. The van der Waals surface area contributed by atoms with Crippen LogP contribution in [0, 0.1) is 35.5 Å². The number of para-hydroxylation sites is 3. The van der Waals surface area contributed by atoms with Crippen molar-refractivity contribution in [1.29, 1.82) is 0 Å². The molecule has 16 rings (SSSR count). The minimum atomic E-state index is -0.144. The van der Waals surface area contributed by atoms with E-state index in [2.05, 4.69) is 167 Å². The van der Waals surface area contributed by atoms with Crippen LogP contribution in [0.4, 0.5) is 0 Å². The Morgan fingerprint density at radius 2 is 0.714 bits per heavy atom. The van der Waals surface area contributed by atoms with Gasteiger partial charge in [0.15, 0.2) is 0 Å². The highest BCUT2D eigenvalue weighted by Crippen LogP contribution is 2.53. The van der Waals surface area contributed by atoms with Crippen molar-refractivity contribution in [2.75, 3.05) is 59.1 Å². The van der Waals surface area contributed by atoms with Crippen LogP contribution in [-0.2, 0) is 33.8 Å². The summed E-state index contributed by atoms with van der Waals surface area (Å²) >= 11 is 0. The molecule has 0 radical (unpaired) electrons. The Bertz CT molecular complexity index is 3200. The summed E-state index contributed by atoms with van der Waals surface area (Å²) in [6.45, 7) is 36.7. The molecule has 4 aromatic carbocycles. The summed E-state index contributed by atoms with van der Waals surface area (Å²) in [5.74, 6) is 2.94. The van der Waals surface area contributed by atoms with Gasteiger partial charge in [-0.1, -0.05) is 91.1 Å². The maximum absolute atomic E-state index is 7.16. The number of nitrogens with zero attached hydrogens (tertiary/aromatic N) is 6. The number of piperidine rings is 9. The first kappa shape index (κ1) is 56.4. The van der Waals surface area contributed by atoms with Gasteiger partial charge in [-0.2, -0.15) is 0 Å². The van der Waals surface area contributed by atoms with Gasteiger partial charge >= 0.3 is 0 Å². The molecule has 9 nitrogen and oxygen atoms in total. The molecule has 84 heavy (non-hydrogen) atoms. The van der Waals surface area contributed by atoms with E-state index in [0.29, 0.717) is 55.3 Å². The molecular weight excluding hydrogens is 1030 g/mol. The minimum absolute atomic E-state index is 0.144. The van der Waals surface area contributed by atoms with Crippen LogP contribution in [0.5, 0.6) is 0 Å². The molecular formula is C75H87N6O3+3. The average Bonchev–Trinajstić information content (AvgIpc) is 2.16. The summed E-state index contributed by atoms with van der Waals surface area (Å²) in [6, 6.07) is 41.1. The third-order valence-electron chi connectivity index (χ3n) is 21.8. The van der Waals surface area contributed by atoms with Gasteiger partial charge in [-0.05, 0) is 89.0 Å². The molecule has 0 spiro atoms. The molecule has 15 atom stereocenters. The Morgan fingerprint density at radius 1 is 0.417 bits per heavy atom. The third-order valence-corrected chi connectivity index (χ3v) is 21.8. The molecule has 0 aliphatic carbocycles. The van der Waals surface area contributed by atoms with Crippen molar-refractivity contribution in [2.24, 2.45) is 35.5 Å². The summed E-state index contributed by atoms with van der Waals surface area (Å²) in [4.78, 5) is 14.6. The van der Waals surface area contributed by atoms with Crippen LogP contribution in [-0.4, -0.2) is 106 Å². The van der Waals surface area contributed by atoms with Crippen molar-refractivity contribution < 1.29 is 27.7 Å². The first-order chi connectivity index (χ1) is 41.2. The van der Waals surface area contributed by atoms with Crippen molar-refractivity contribution in [3.8, 4) is 0 Å². The second-order valence-corrected chi connectivity index (χ2v) is 26.1. The van der Waals surface area contributed by atoms with Crippen LogP contribution in [0.1, 0.15) is 90.2 Å². The molecule has 0 amide bonds. The number of pyridine rings is 3. The van der Waals surface area contributed by atoms with Gasteiger partial charge in [0.2, 0.25) is 0 Å². The third kappa shape index (κ3) is 10.4. The normalized spacial score (nSPS) is 30.6. The fourth-order valence-electron chi connectivity index (χ4n) is 18.1. The van der Waals surface area contributed by atoms with E-state index in [4.69, 9.17) is 29.2 Å². The molecule has 9 aliphatic heterocycles. The molecule has 3 aromatic heterocycles. The van der Waals surface area contributed by atoms with Gasteiger partial charge < -0.3 is 27.7 Å². The monoisotopic (exact) mass is 1120 g/mol. The Morgan fingerprint density at radius 3 is 1.00 bits per heavy atom. The predicted molar refractivity (Wildman–Crippen MR) is 340 cm³/mol. The van der Waals surface area contributed by atoms with Crippen LogP contribution >= 0.6 is 0 Å². The number of fused-ring (bicyclic) bond motifs is 12. The van der Waals surface area contributed by atoms with E-state index in [1.807, 2.05) is 36.8 Å². The minimum Gasteiger partial charge on any atom is -0.363 e. The van der Waals surface area contributed by atoms with Gasteiger partial charge in [-0.25, -0.2) is 0 Å². The standard InChI is InChI=1S/C75H87N6O3/c1-7-37-82-73(64-25-31-76-67-22-16-13-19-61(64)67)70-43-58-28-34-79(70,49-55(58)10-4)46-52-40-53(47-80-35-29-59(56(11-5)50-80)44-71(80)74(83-38-8-2)65-26-32-77-68-23-17-14-20-62(65)68)42-54(41-52)48-81-36-30-60(57(12-6)51-81)45-72(81)75(84-39-9-3)66-27-33-78-69-24-18-15-21-63(66)69/h7-27,31-33,40-42,55-60,70-75H,1-6,28-30,34-39,43-51H2/q+3/t55?,56?,57?,58?,59?,60?,70-,71-,72-,73-,74-,75+,79+,80+,81+/m0/s1. The van der Waals surface area contributed by atoms with Crippen molar-refractivity contribution in [2.45, 2.75) is 94.6 Å². The largest absolute Gasteiger partial charge is 0.363 e. The Kier molecular flexibility index (Phi) is 16.1. The maximum Gasteiger partial charge on any atom is 0.135 e. The van der Waals surface area contributed by atoms with E-state index in [9.17, 15) is 0 Å². The van der Waals surface area contributed by atoms with Crippen LogP contribution < -0.4 is 0 Å². The number of benzene rings is 4. The van der Waals surface area contributed by atoms with Gasteiger partial charge in [0.05, 0.1) is 75.6 Å².